The van der Waals surface area contributed by atoms with Gasteiger partial charge in [-0.25, -0.2) is 0 Å². The molecule has 9 heteroatoms. The predicted molar refractivity (Wildman–Crippen MR) is 73.8 cm³/mol. The van der Waals surface area contributed by atoms with Gasteiger partial charge in [0.1, 0.15) is 12.2 Å². The molecule has 1 saturated carbocycles. The lowest BCUT2D eigenvalue weighted by atomic mass is 9.84. The number of rotatable bonds is 3. The molecule has 0 aromatic carbocycles. The molecule has 2 fully saturated rings. The maximum atomic E-state index is 10.1. The Labute approximate surface area is 123 Å². The molecule has 0 spiro atoms. The molecule has 2 rings (SSSR count). The highest BCUT2D eigenvalue weighted by molar-refractivity contribution is 4.98. The van der Waals surface area contributed by atoms with Crippen LogP contribution in [-0.2, 0) is 9.47 Å². The summed E-state index contributed by atoms with van der Waals surface area (Å²) in [4.78, 5) is 0. The van der Waals surface area contributed by atoms with Gasteiger partial charge in [0.05, 0.1) is 24.4 Å². The normalized spacial score (nSPS) is 51.9. The van der Waals surface area contributed by atoms with Gasteiger partial charge < -0.3 is 47.7 Å². The summed E-state index contributed by atoms with van der Waals surface area (Å²) >= 11 is 0. The van der Waals surface area contributed by atoms with Crippen LogP contribution in [0.3, 0.4) is 0 Å². The third-order valence-corrected chi connectivity index (χ3v) is 4.22. The molecule has 0 radical (unpaired) electrons. The lowest BCUT2D eigenvalue weighted by Gasteiger charge is -2.44. The fraction of sp³-hybridized carbons (Fsp3) is 1.00. The van der Waals surface area contributed by atoms with Gasteiger partial charge in [0.25, 0.3) is 0 Å². The van der Waals surface area contributed by atoms with Crippen LogP contribution >= 0.6 is 0 Å². The summed E-state index contributed by atoms with van der Waals surface area (Å²) < 4.78 is 11.2. The van der Waals surface area contributed by atoms with Gasteiger partial charge in [-0.15, -0.1) is 0 Å². The zero-order valence-corrected chi connectivity index (χ0v) is 11.8. The second-order valence-electron chi connectivity index (χ2n) is 5.89. The van der Waals surface area contributed by atoms with Gasteiger partial charge in [0.15, 0.2) is 6.29 Å². The number of aliphatic hydroxyl groups excluding tert-OH is 3. The predicted octanol–water partition coefficient (Wildman–Crippen LogP) is -4.09. The molecule has 5 unspecified atom stereocenters. The van der Waals surface area contributed by atoms with Crippen LogP contribution in [0.4, 0.5) is 0 Å². The molecule has 21 heavy (non-hydrogen) atoms. The van der Waals surface area contributed by atoms with Crippen molar-refractivity contribution in [2.45, 2.75) is 67.8 Å². The fourth-order valence-corrected chi connectivity index (χ4v) is 2.88. The van der Waals surface area contributed by atoms with Crippen LogP contribution < -0.4 is 22.9 Å². The van der Waals surface area contributed by atoms with Crippen molar-refractivity contribution < 1.29 is 24.8 Å². The van der Waals surface area contributed by atoms with E-state index in [0.717, 1.165) is 0 Å². The molecule has 2 aliphatic rings. The summed E-state index contributed by atoms with van der Waals surface area (Å²) in [5.74, 6) is 0. The van der Waals surface area contributed by atoms with Gasteiger partial charge in [0.2, 0.25) is 0 Å². The molecule has 1 heterocycles. The van der Waals surface area contributed by atoms with Crippen LogP contribution in [-0.4, -0.2) is 76.8 Å². The van der Waals surface area contributed by atoms with E-state index in [9.17, 15) is 15.3 Å². The molecule has 11 N–H and O–H groups in total. The van der Waals surface area contributed by atoms with E-state index in [1.165, 1.54) is 0 Å². The van der Waals surface area contributed by atoms with Crippen molar-refractivity contribution >= 4 is 0 Å². The molecule has 0 amide bonds. The van der Waals surface area contributed by atoms with Crippen LogP contribution in [0.5, 0.6) is 0 Å². The Bertz CT molecular complexity index is 350. The van der Waals surface area contributed by atoms with Crippen LogP contribution in [0.15, 0.2) is 0 Å². The number of hydrogen-bond acceptors (Lipinski definition) is 9. The average molecular weight is 306 g/mol. The molecule has 9 nitrogen and oxygen atoms in total. The van der Waals surface area contributed by atoms with Crippen LogP contribution in [0.25, 0.3) is 0 Å². The van der Waals surface area contributed by atoms with Gasteiger partial charge in [-0.2, -0.15) is 0 Å². The van der Waals surface area contributed by atoms with Crippen molar-refractivity contribution in [1.82, 2.24) is 0 Å². The maximum Gasteiger partial charge on any atom is 0.173 e. The van der Waals surface area contributed by atoms with Gasteiger partial charge in [0, 0.05) is 18.6 Å². The molecule has 9 atom stereocenters. The SMILES string of the molecule is NCC1O[C@H](O[C@@H]2C(N)C[C@@H](N)C(O)C2O)C(N)C[C@@H]1O. The Balaban J connectivity index is 2.02. The minimum absolute atomic E-state index is 0.126. The lowest BCUT2D eigenvalue weighted by molar-refractivity contribution is -0.268. The van der Waals surface area contributed by atoms with Crippen molar-refractivity contribution in [2.75, 3.05) is 6.54 Å². The lowest BCUT2D eigenvalue weighted by Crippen LogP contribution is -2.64. The van der Waals surface area contributed by atoms with Crippen LogP contribution in [0.2, 0.25) is 0 Å². The van der Waals surface area contributed by atoms with Crippen molar-refractivity contribution in [3.63, 3.8) is 0 Å². The first-order valence-electron chi connectivity index (χ1n) is 7.17. The van der Waals surface area contributed by atoms with E-state index in [1.807, 2.05) is 0 Å². The molecule has 1 aliphatic heterocycles. The minimum atomic E-state index is -1.22. The monoisotopic (exact) mass is 306 g/mol. The highest BCUT2D eigenvalue weighted by atomic mass is 16.7. The highest BCUT2D eigenvalue weighted by Gasteiger charge is 2.45. The van der Waals surface area contributed by atoms with Gasteiger partial charge in [-0.05, 0) is 12.8 Å². The standard InChI is InChI=1S/C12H26N4O5/c13-3-8-7(17)2-6(16)12(20-8)21-11-5(15)1-4(14)9(18)10(11)19/h4-12,17-19H,1-3,13-16H2/t4-,5?,6?,7+,8?,9?,10?,11-,12-/m1/s1. The Morgan fingerprint density at radius 3 is 2.24 bits per heavy atom. The zero-order chi connectivity index (χ0) is 15.7. The van der Waals surface area contributed by atoms with Crippen LogP contribution in [0.1, 0.15) is 12.8 Å². The topological polar surface area (TPSA) is 183 Å². The average Bonchev–Trinajstić information content (AvgIpc) is 2.43. The van der Waals surface area contributed by atoms with Crippen LogP contribution in [0, 0.1) is 0 Å². The minimum Gasteiger partial charge on any atom is -0.390 e. The first-order chi connectivity index (χ1) is 9.85. The van der Waals surface area contributed by atoms with E-state index in [1.54, 1.807) is 0 Å². The largest absolute Gasteiger partial charge is 0.390 e. The Morgan fingerprint density at radius 2 is 1.62 bits per heavy atom. The first-order valence-corrected chi connectivity index (χ1v) is 7.17. The quantitative estimate of drug-likeness (QED) is 0.272. The Hall–Kier alpha value is -0.360. The molecular weight excluding hydrogens is 280 g/mol. The second kappa shape index (κ2) is 6.82. The Morgan fingerprint density at radius 1 is 0.952 bits per heavy atom. The molecule has 1 saturated heterocycles. The molecule has 0 aromatic heterocycles. The fourth-order valence-electron chi connectivity index (χ4n) is 2.88. The molecule has 0 aromatic rings. The number of aliphatic hydroxyl groups is 3. The summed E-state index contributed by atoms with van der Waals surface area (Å²) in [5, 5.41) is 29.7. The smallest absolute Gasteiger partial charge is 0.173 e. The summed E-state index contributed by atoms with van der Waals surface area (Å²) in [7, 11) is 0. The number of ether oxygens (including phenoxy) is 2. The molecule has 0 bridgehead atoms. The second-order valence-corrected chi connectivity index (χ2v) is 5.89. The van der Waals surface area contributed by atoms with Gasteiger partial charge >= 0.3 is 0 Å². The first kappa shape index (κ1) is 17.0. The molecule has 124 valence electrons. The summed E-state index contributed by atoms with van der Waals surface area (Å²) in [6.45, 7) is 0.126. The summed E-state index contributed by atoms with van der Waals surface area (Å²) in [5.41, 5.74) is 23.0. The van der Waals surface area contributed by atoms with Gasteiger partial charge in [-0.1, -0.05) is 0 Å². The molecular formula is C12H26N4O5. The van der Waals surface area contributed by atoms with Crippen molar-refractivity contribution in [3.8, 4) is 0 Å². The summed E-state index contributed by atoms with van der Waals surface area (Å²) in [6, 6.07) is -1.72. The Kier molecular flexibility index (Phi) is 5.52. The third-order valence-electron chi connectivity index (χ3n) is 4.22. The summed E-state index contributed by atoms with van der Waals surface area (Å²) in [6.07, 6.45) is -4.79. The van der Waals surface area contributed by atoms with Crippen molar-refractivity contribution in [3.05, 3.63) is 0 Å². The maximum absolute atomic E-state index is 10.1. The van der Waals surface area contributed by atoms with E-state index in [-0.39, 0.29) is 13.0 Å². The number of hydrogen-bond donors (Lipinski definition) is 7. The number of nitrogens with two attached hydrogens (primary N) is 4. The van der Waals surface area contributed by atoms with Gasteiger partial charge in [-0.3, -0.25) is 0 Å². The third kappa shape index (κ3) is 3.52. The zero-order valence-electron chi connectivity index (χ0n) is 11.8. The van der Waals surface area contributed by atoms with Crippen molar-refractivity contribution in [2.24, 2.45) is 22.9 Å². The van der Waals surface area contributed by atoms with E-state index < -0.39 is 54.9 Å². The van der Waals surface area contributed by atoms with E-state index in [0.29, 0.717) is 6.42 Å². The molecule has 1 aliphatic carbocycles. The van der Waals surface area contributed by atoms with E-state index in [4.69, 9.17) is 32.4 Å². The van der Waals surface area contributed by atoms with E-state index in [2.05, 4.69) is 0 Å². The van der Waals surface area contributed by atoms with Crippen molar-refractivity contribution in [1.29, 1.82) is 0 Å². The highest BCUT2D eigenvalue weighted by Crippen LogP contribution is 2.26. The van der Waals surface area contributed by atoms with E-state index >= 15 is 0 Å².